The number of nitrogens with zero attached hydrogens (tertiary/aromatic N) is 9. The smallest absolute Gasteiger partial charge is 0.410 e. The maximum Gasteiger partial charge on any atom is 0.410 e. The third-order valence-corrected chi connectivity index (χ3v) is 14.0. The Bertz CT molecular complexity index is 2790. The van der Waals surface area contributed by atoms with Crippen molar-refractivity contribution in [2.75, 3.05) is 118 Å². The Balaban J connectivity index is 0.000000141. The van der Waals surface area contributed by atoms with Gasteiger partial charge in [0.1, 0.15) is 22.2 Å². The molecule has 18 nitrogen and oxygen atoms in total. The molecular formula is C46H57Cl3N10O8S. The molecule has 0 spiro atoms. The average molecular weight is 1020 g/mol. The SMILES string of the molecule is CC(C)(C)OC(=O)N1CCCN(c2nc3cc(Cl)ccc3o2)CC1.Clc1ccc2oc(N3CCCNCC3)nc2c1.O=C(N1CCCN(c2nc3cc(Cl)ccc3o2)CC1)N1CCS(=O)(=O)CC1. The number of oxazole rings is 3. The number of halogens is 3. The van der Waals surface area contributed by atoms with Crippen molar-refractivity contribution < 1.29 is 36.0 Å². The van der Waals surface area contributed by atoms with Gasteiger partial charge in [-0.15, -0.1) is 0 Å². The standard InChI is InChI=1S/C17H21ClN4O4S.C17H22ClN3O3.C12H14ClN3O/c18-13-2-3-15-14(12-13)19-16(26-15)20-4-1-5-21(7-6-20)17(23)22-8-10-27(24,25)11-9-22;1-17(2,3)24-16(22)21-8-4-7-20(9-10-21)15-19-13-11-12(18)5-6-14(13)23-15;13-9-2-3-11-10(8-9)15-12(17-11)16-6-1-4-14-5-7-16/h2-3,12H,1,4-11H2;5-6,11H,4,7-10H2,1-3H3;2-3,8,14H,1,4-7H2. The molecule has 7 heterocycles. The zero-order valence-electron chi connectivity index (χ0n) is 38.5. The molecule has 3 amide bonds. The van der Waals surface area contributed by atoms with Crippen molar-refractivity contribution in [1.29, 1.82) is 0 Å². The number of carbonyl (C=O) groups excluding carboxylic acids is 2. The first-order valence-corrected chi connectivity index (χ1v) is 25.9. The molecule has 22 heteroatoms. The van der Waals surface area contributed by atoms with E-state index in [0.29, 0.717) is 89.1 Å². The highest BCUT2D eigenvalue weighted by Gasteiger charge is 2.30. The highest BCUT2D eigenvalue weighted by molar-refractivity contribution is 7.91. The third kappa shape index (κ3) is 12.9. The minimum atomic E-state index is -3.00. The topological polar surface area (TPSA) is 187 Å². The highest BCUT2D eigenvalue weighted by Crippen LogP contribution is 2.28. The lowest BCUT2D eigenvalue weighted by atomic mass is 10.2. The Morgan fingerprint density at radius 3 is 1.47 bits per heavy atom. The predicted octanol–water partition coefficient (Wildman–Crippen LogP) is 8.05. The molecule has 0 atom stereocenters. The molecule has 68 heavy (non-hydrogen) atoms. The number of amides is 3. The minimum Gasteiger partial charge on any atom is -0.444 e. The molecule has 0 bridgehead atoms. The van der Waals surface area contributed by atoms with Crippen LogP contribution in [0, 0.1) is 0 Å². The molecular weight excluding hydrogens is 959 g/mol. The van der Waals surface area contributed by atoms with Gasteiger partial charge in [-0.1, -0.05) is 34.8 Å². The number of carbonyl (C=O) groups is 2. The van der Waals surface area contributed by atoms with E-state index in [1.54, 1.807) is 45.0 Å². The summed E-state index contributed by atoms with van der Waals surface area (Å²) in [6.07, 6.45) is 2.46. The summed E-state index contributed by atoms with van der Waals surface area (Å²) in [6.45, 7) is 15.3. The third-order valence-electron chi connectivity index (χ3n) is 11.7. The van der Waals surface area contributed by atoms with Gasteiger partial charge in [-0.3, -0.25) is 0 Å². The van der Waals surface area contributed by atoms with Crippen molar-refractivity contribution in [3.05, 3.63) is 69.7 Å². The van der Waals surface area contributed by atoms with E-state index in [-0.39, 0.29) is 36.7 Å². The van der Waals surface area contributed by atoms with Gasteiger partial charge >= 0.3 is 12.1 Å². The van der Waals surface area contributed by atoms with Crippen LogP contribution in [-0.4, -0.2) is 159 Å². The molecule has 6 aromatic rings. The first kappa shape index (κ1) is 49.2. The number of fused-ring (bicyclic) bond motifs is 3. The molecule has 4 aliphatic rings. The molecule has 0 saturated carbocycles. The summed E-state index contributed by atoms with van der Waals surface area (Å²) >= 11 is 17.9. The van der Waals surface area contributed by atoms with Gasteiger partial charge in [0.05, 0.1) is 11.5 Å². The van der Waals surface area contributed by atoms with E-state index in [1.165, 1.54) is 0 Å². The monoisotopic (exact) mass is 1010 g/mol. The first-order valence-electron chi connectivity index (χ1n) is 22.9. The number of hydrogen-bond acceptors (Lipinski definition) is 15. The van der Waals surface area contributed by atoms with Crippen LogP contribution < -0.4 is 20.0 Å². The number of anilines is 3. The summed E-state index contributed by atoms with van der Waals surface area (Å²) in [5, 5.41) is 5.29. The van der Waals surface area contributed by atoms with Crippen LogP contribution in [0.1, 0.15) is 40.0 Å². The zero-order chi connectivity index (χ0) is 48.0. The molecule has 4 saturated heterocycles. The van der Waals surface area contributed by atoms with Crippen LogP contribution in [0.2, 0.25) is 15.1 Å². The Hall–Kier alpha value is -5.21. The van der Waals surface area contributed by atoms with Gasteiger partial charge in [-0.05, 0) is 101 Å². The molecule has 366 valence electrons. The van der Waals surface area contributed by atoms with Crippen LogP contribution in [0.5, 0.6) is 0 Å². The molecule has 0 aliphatic carbocycles. The number of sulfone groups is 1. The van der Waals surface area contributed by atoms with Crippen LogP contribution >= 0.6 is 34.8 Å². The van der Waals surface area contributed by atoms with Gasteiger partial charge in [0.15, 0.2) is 26.6 Å². The van der Waals surface area contributed by atoms with Crippen LogP contribution in [0.15, 0.2) is 67.8 Å². The average Bonchev–Trinajstić information content (AvgIpc) is 3.79. The summed E-state index contributed by atoms with van der Waals surface area (Å²) in [4.78, 5) is 49.9. The lowest BCUT2D eigenvalue weighted by Gasteiger charge is -2.32. The Labute approximate surface area is 410 Å². The number of aromatic nitrogens is 3. The van der Waals surface area contributed by atoms with Crippen molar-refractivity contribution in [1.82, 2.24) is 35.0 Å². The molecule has 3 aromatic carbocycles. The number of rotatable bonds is 3. The molecule has 10 rings (SSSR count). The Morgan fingerprint density at radius 2 is 0.985 bits per heavy atom. The number of urea groups is 1. The van der Waals surface area contributed by atoms with Gasteiger partial charge in [0.2, 0.25) is 0 Å². The molecule has 0 unspecified atom stereocenters. The quantitative estimate of drug-likeness (QED) is 0.179. The summed E-state index contributed by atoms with van der Waals surface area (Å²) in [7, 11) is -3.00. The summed E-state index contributed by atoms with van der Waals surface area (Å²) in [6, 6.07) is 18.0. The molecule has 4 fully saturated rings. The van der Waals surface area contributed by atoms with E-state index >= 15 is 0 Å². The van der Waals surface area contributed by atoms with Gasteiger partial charge in [-0.2, -0.15) is 15.0 Å². The lowest BCUT2D eigenvalue weighted by molar-refractivity contribution is 0.0263. The summed E-state index contributed by atoms with van der Waals surface area (Å²) < 4.78 is 46.0. The van der Waals surface area contributed by atoms with E-state index in [9.17, 15) is 18.0 Å². The number of ether oxygens (including phenoxy) is 1. The zero-order valence-corrected chi connectivity index (χ0v) is 41.5. The van der Waals surface area contributed by atoms with E-state index in [1.807, 2.05) is 49.9 Å². The predicted molar refractivity (Wildman–Crippen MR) is 265 cm³/mol. The first-order chi connectivity index (χ1) is 32.6. The second-order valence-corrected chi connectivity index (χ2v) is 21.6. The van der Waals surface area contributed by atoms with Gasteiger partial charge < -0.3 is 52.7 Å². The fraction of sp³-hybridized carbons (Fsp3) is 0.500. The second kappa shape index (κ2) is 21.6. The normalized spacial score (nSPS) is 18.3. The minimum absolute atomic E-state index is 0.0458. The fourth-order valence-corrected chi connectivity index (χ4v) is 9.83. The Morgan fingerprint density at radius 1 is 0.559 bits per heavy atom. The van der Waals surface area contributed by atoms with Gasteiger partial charge in [-0.25, -0.2) is 18.0 Å². The van der Waals surface area contributed by atoms with Crippen molar-refractivity contribution >= 4 is 108 Å². The number of benzene rings is 3. The van der Waals surface area contributed by atoms with Gasteiger partial charge in [0.25, 0.3) is 18.0 Å². The van der Waals surface area contributed by atoms with Crippen LogP contribution in [-0.2, 0) is 14.6 Å². The highest BCUT2D eigenvalue weighted by atomic mass is 35.5. The number of hydrogen-bond donors (Lipinski definition) is 1. The maximum absolute atomic E-state index is 12.7. The van der Waals surface area contributed by atoms with Gasteiger partial charge in [0, 0.05) is 100 Å². The van der Waals surface area contributed by atoms with Crippen LogP contribution in [0.4, 0.5) is 27.6 Å². The summed E-state index contributed by atoms with van der Waals surface area (Å²) in [5.74, 6) is 0.0916. The second-order valence-electron chi connectivity index (χ2n) is 18.0. The van der Waals surface area contributed by atoms with Crippen molar-refractivity contribution in [3.8, 4) is 0 Å². The van der Waals surface area contributed by atoms with E-state index < -0.39 is 15.4 Å². The molecule has 3 aromatic heterocycles. The van der Waals surface area contributed by atoms with Crippen LogP contribution in [0.3, 0.4) is 0 Å². The summed E-state index contributed by atoms with van der Waals surface area (Å²) in [5.41, 5.74) is 3.98. The Kier molecular flexibility index (Phi) is 15.6. The lowest BCUT2D eigenvalue weighted by Crippen LogP contribution is -2.50. The van der Waals surface area contributed by atoms with E-state index in [4.69, 9.17) is 52.8 Å². The fourth-order valence-electron chi connectivity index (χ4n) is 8.13. The molecule has 0 radical (unpaired) electrons. The largest absolute Gasteiger partial charge is 0.444 e. The van der Waals surface area contributed by atoms with E-state index in [2.05, 4.69) is 30.1 Å². The van der Waals surface area contributed by atoms with Crippen molar-refractivity contribution in [3.63, 3.8) is 0 Å². The van der Waals surface area contributed by atoms with E-state index in [0.717, 1.165) is 75.1 Å². The molecule has 1 N–H and O–H groups in total. The molecule has 4 aliphatic heterocycles. The van der Waals surface area contributed by atoms with Crippen molar-refractivity contribution in [2.24, 2.45) is 0 Å². The van der Waals surface area contributed by atoms with Crippen molar-refractivity contribution in [2.45, 2.75) is 45.6 Å². The van der Waals surface area contributed by atoms with Crippen LogP contribution in [0.25, 0.3) is 33.3 Å². The maximum atomic E-state index is 12.7. The number of nitrogens with one attached hydrogen (secondary N) is 1.